The Morgan fingerprint density at radius 3 is 2.75 bits per heavy atom. The number of aryl methyl sites for hydroxylation is 1. The number of carbonyl (C=O) groups excluding carboxylic acids is 1. The fourth-order valence-corrected chi connectivity index (χ4v) is 1.60. The zero-order valence-corrected chi connectivity index (χ0v) is 9.14. The highest BCUT2D eigenvalue weighted by Crippen LogP contribution is 2.13. The number of hydrogen-bond donors (Lipinski definition) is 0. The minimum Gasteiger partial charge on any atom is -0.445 e. The Labute approximate surface area is 94.1 Å². The van der Waals surface area contributed by atoms with Gasteiger partial charge in [0.05, 0.1) is 5.69 Å². The maximum Gasteiger partial charge on any atom is 0.199 e. The van der Waals surface area contributed by atoms with Crippen LogP contribution in [-0.2, 0) is 17.6 Å². The molecule has 0 N–H and O–H groups in total. The topological polar surface area (TPSA) is 43.1 Å². The molecule has 1 aromatic carbocycles. The van der Waals surface area contributed by atoms with E-state index in [0.717, 1.165) is 23.3 Å². The van der Waals surface area contributed by atoms with Crippen LogP contribution in [0.1, 0.15) is 22.9 Å². The molecule has 3 heteroatoms. The molecule has 0 radical (unpaired) electrons. The van der Waals surface area contributed by atoms with Crippen molar-refractivity contribution in [1.82, 2.24) is 4.98 Å². The molecule has 0 aliphatic heterocycles. The number of hydrogen-bond acceptors (Lipinski definition) is 3. The maximum atomic E-state index is 10.4. The predicted octanol–water partition coefficient (Wildman–Crippen LogP) is 2.32. The van der Waals surface area contributed by atoms with Crippen LogP contribution in [0.2, 0.25) is 0 Å². The van der Waals surface area contributed by atoms with Gasteiger partial charge in [0.15, 0.2) is 5.89 Å². The van der Waals surface area contributed by atoms with Crippen molar-refractivity contribution in [3.63, 3.8) is 0 Å². The summed E-state index contributed by atoms with van der Waals surface area (Å²) in [7, 11) is 0. The molecular formula is C13H13NO2. The zero-order valence-electron chi connectivity index (χ0n) is 9.14. The Morgan fingerprint density at radius 2 is 2.06 bits per heavy atom. The number of nitrogens with zero attached hydrogens (tertiary/aromatic N) is 1. The molecule has 0 amide bonds. The van der Waals surface area contributed by atoms with Gasteiger partial charge in [-0.05, 0) is 12.5 Å². The van der Waals surface area contributed by atoms with E-state index in [1.807, 2.05) is 37.3 Å². The van der Waals surface area contributed by atoms with E-state index in [-0.39, 0.29) is 0 Å². The predicted molar refractivity (Wildman–Crippen MR) is 60.3 cm³/mol. The summed E-state index contributed by atoms with van der Waals surface area (Å²) in [6.07, 6.45) is 1.84. The Bertz CT molecular complexity index is 474. The van der Waals surface area contributed by atoms with E-state index in [4.69, 9.17) is 4.42 Å². The average Bonchev–Trinajstić information content (AvgIpc) is 2.61. The standard InChI is InChI=1S/C13H13NO2/c1-10-12(7-8-15)14-13(16-10)9-11-5-3-2-4-6-11/h2-6,8H,7,9H2,1H3. The summed E-state index contributed by atoms with van der Waals surface area (Å²) in [5, 5.41) is 0. The number of rotatable bonds is 4. The van der Waals surface area contributed by atoms with Crippen LogP contribution in [0.15, 0.2) is 34.7 Å². The minimum absolute atomic E-state index is 0.324. The Morgan fingerprint density at radius 1 is 1.31 bits per heavy atom. The lowest BCUT2D eigenvalue weighted by Gasteiger charge is -1.95. The van der Waals surface area contributed by atoms with Crippen LogP contribution in [0, 0.1) is 6.92 Å². The first-order chi connectivity index (χ1) is 7.79. The summed E-state index contributed by atoms with van der Waals surface area (Å²) < 4.78 is 5.50. The number of aromatic nitrogens is 1. The van der Waals surface area contributed by atoms with Crippen molar-refractivity contribution in [1.29, 1.82) is 0 Å². The third-order valence-corrected chi connectivity index (χ3v) is 2.41. The smallest absolute Gasteiger partial charge is 0.199 e. The Kier molecular flexibility index (Phi) is 3.15. The van der Waals surface area contributed by atoms with Gasteiger partial charge in [0.2, 0.25) is 0 Å². The molecule has 1 aromatic heterocycles. The molecule has 2 aromatic rings. The SMILES string of the molecule is Cc1oc(Cc2ccccc2)nc1CC=O. The number of oxazole rings is 1. The van der Waals surface area contributed by atoms with Gasteiger partial charge in [0.25, 0.3) is 0 Å². The number of carbonyl (C=O) groups is 1. The van der Waals surface area contributed by atoms with Crippen molar-refractivity contribution in [2.75, 3.05) is 0 Å². The molecule has 0 aliphatic rings. The zero-order chi connectivity index (χ0) is 11.4. The lowest BCUT2D eigenvalue weighted by atomic mass is 10.1. The summed E-state index contributed by atoms with van der Waals surface area (Å²) in [6.45, 7) is 1.83. The molecule has 0 fully saturated rings. The molecule has 2 rings (SSSR count). The first-order valence-corrected chi connectivity index (χ1v) is 5.22. The van der Waals surface area contributed by atoms with Crippen molar-refractivity contribution < 1.29 is 9.21 Å². The maximum absolute atomic E-state index is 10.4. The van der Waals surface area contributed by atoms with Gasteiger partial charge in [0, 0.05) is 12.8 Å². The lowest BCUT2D eigenvalue weighted by Crippen LogP contribution is -1.91. The van der Waals surface area contributed by atoms with E-state index in [0.29, 0.717) is 18.7 Å². The molecule has 0 atom stereocenters. The third kappa shape index (κ3) is 2.37. The molecule has 0 bridgehead atoms. The molecule has 0 spiro atoms. The second-order valence-electron chi connectivity index (χ2n) is 3.64. The van der Waals surface area contributed by atoms with Crippen LogP contribution >= 0.6 is 0 Å². The fraction of sp³-hybridized carbons (Fsp3) is 0.231. The van der Waals surface area contributed by atoms with Crippen molar-refractivity contribution >= 4 is 6.29 Å². The van der Waals surface area contributed by atoms with Gasteiger partial charge >= 0.3 is 0 Å². The first-order valence-electron chi connectivity index (χ1n) is 5.22. The van der Waals surface area contributed by atoms with Crippen molar-refractivity contribution in [3.05, 3.63) is 53.2 Å². The largest absolute Gasteiger partial charge is 0.445 e. The van der Waals surface area contributed by atoms with Crippen LogP contribution in [0.5, 0.6) is 0 Å². The van der Waals surface area contributed by atoms with Gasteiger partial charge < -0.3 is 9.21 Å². The minimum atomic E-state index is 0.324. The van der Waals surface area contributed by atoms with Crippen LogP contribution in [0.25, 0.3) is 0 Å². The van der Waals surface area contributed by atoms with Crippen molar-refractivity contribution in [2.24, 2.45) is 0 Å². The summed E-state index contributed by atoms with van der Waals surface area (Å²) in [4.78, 5) is 14.7. The molecule has 0 unspecified atom stereocenters. The van der Waals surface area contributed by atoms with Crippen molar-refractivity contribution in [2.45, 2.75) is 19.8 Å². The quantitative estimate of drug-likeness (QED) is 0.735. The molecule has 0 saturated heterocycles. The molecular weight excluding hydrogens is 202 g/mol. The molecule has 16 heavy (non-hydrogen) atoms. The summed E-state index contributed by atoms with van der Waals surface area (Å²) >= 11 is 0. The summed E-state index contributed by atoms with van der Waals surface area (Å²) in [6, 6.07) is 9.99. The average molecular weight is 215 g/mol. The fourth-order valence-electron chi connectivity index (χ4n) is 1.60. The van der Waals surface area contributed by atoms with Crippen LogP contribution in [-0.4, -0.2) is 11.3 Å². The van der Waals surface area contributed by atoms with Gasteiger partial charge in [-0.2, -0.15) is 0 Å². The monoisotopic (exact) mass is 215 g/mol. The molecule has 3 nitrogen and oxygen atoms in total. The molecule has 82 valence electrons. The Hall–Kier alpha value is -1.90. The normalized spacial score (nSPS) is 10.3. The molecule has 0 saturated carbocycles. The molecule has 1 heterocycles. The van der Waals surface area contributed by atoms with E-state index in [1.165, 1.54) is 0 Å². The lowest BCUT2D eigenvalue weighted by molar-refractivity contribution is -0.107. The van der Waals surface area contributed by atoms with E-state index in [9.17, 15) is 4.79 Å². The van der Waals surface area contributed by atoms with Gasteiger partial charge in [-0.25, -0.2) is 4.98 Å². The van der Waals surface area contributed by atoms with Crippen molar-refractivity contribution in [3.8, 4) is 0 Å². The Balaban J connectivity index is 2.16. The van der Waals surface area contributed by atoms with E-state index >= 15 is 0 Å². The van der Waals surface area contributed by atoms with Crippen LogP contribution in [0.4, 0.5) is 0 Å². The second-order valence-corrected chi connectivity index (χ2v) is 3.64. The highest BCUT2D eigenvalue weighted by Gasteiger charge is 2.09. The highest BCUT2D eigenvalue weighted by atomic mass is 16.4. The third-order valence-electron chi connectivity index (χ3n) is 2.41. The van der Waals surface area contributed by atoms with Gasteiger partial charge in [-0.3, -0.25) is 0 Å². The van der Waals surface area contributed by atoms with E-state index in [2.05, 4.69) is 4.98 Å². The molecule has 0 aliphatic carbocycles. The summed E-state index contributed by atoms with van der Waals surface area (Å²) in [5.41, 5.74) is 1.89. The van der Waals surface area contributed by atoms with Crippen LogP contribution in [0.3, 0.4) is 0 Å². The van der Waals surface area contributed by atoms with Crippen LogP contribution < -0.4 is 0 Å². The number of benzene rings is 1. The van der Waals surface area contributed by atoms with Gasteiger partial charge in [-0.15, -0.1) is 0 Å². The van der Waals surface area contributed by atoms with E-state index < -0.39 is 0 Å². The first kappa shape index (κ1) is 10.6. The van der Waals surface area contributed by atoms with Gasteiger partial charge in [0.1, 0.15) is 12.0 Å². The number of aldehydes is 1. The van der Waals surface area contributed by atoms with E-state index in [1.54, 1.807) is 0 Å². The van der Waals surface area contributed by atoms with Gasteiger partial charge in [-0.1, -0.05) is 30.3 Å². The highest BCUT2D eigenvalue weighted by molar-refractivity contribution is 5.54. The second kappa shape index (κ2) is 4.75. The summed E-state index contributed by atoms with van der Waals surface area (Å²) in [5.74, 6) is 1.40.